The van der Waals surface area contributed by atoms with E-state index in [-0.39, 0.29) is 5.91 Å². The summed E-state index contributed by atoms with van der Waals surface area (Å²) in [6.07, 6.45) is 1.45. The maximum Gasteiger partial charge on any atom is 0.254 e. The second-order valence-corrected chi connectivity index (χ2v) is 4.75. The van der Waals surface area contributed by atoms with Crippen LogP contribution in [-0.2, 0) is 0 Å². The zero-order valence-corrected chi connectivity index (χ0v) is 11.9. The number of nitrogens with zero attached hydrogens (tertiary/aromatic N) is 2. The first-order valence-electron chi connectivity index (χ1n) is 5.88. The maximum absolute atomic E-state index is 11.7. The van der Waals surface area contributed by atoms with Crippen molar-refractivity contribution in [2.75, 3.05) is 19.8 Å². The van der Waals surface area contributed by atoms with Gasteiger partial charge in [-0.1, -0.05) is 17.7 Å². The summed E-state index contributed by atoms with van der Waals surface area (Å²) in [5, 5.41) is 0.403. The number of anilines is 1. The fourth-order valence-corrected chi connectivity index (χ4v) is 1.78. The molecule has 0 bridgehead atoms. The van der Waals surface area contributed by atoms with Crippen molar-refractivity contribution in [1.82, 2.24) is 9.88 Å². The third kappa shape index (κ3) is 3.00. The van der Waals surface area contributed by atoms with Gasteiger partial charge < -0.3 is 15.4 Å². The number of ether oxygens (including phenoxy) is 1. The summed E-state index contributed by atoms with van der Waals surface area (Å²) in [5.41, 5.74) is 6.69. The third-order valence-corrected chi connectivity index (χ3v) is 2.89. The smallest absolute Gasteiger partial charge is 0.254 e. The van der Waals surface area contributed by atoms with Crippen LogP contribution in [0, 0.1) is 0 Å². The molecule has 0 aliphatic heterocycles. The third-order valence-electron chi connectivity index (χ3n) is 2.59. The van der Waals surface area contributed by atoms with E-state index >= 15 is 0 Å². The molecule has 20 heavy (non-hydrogen) atoms. The highest BCUT2D eigenvalue weighted by molar-refractivity contribution is 6.32. The lowest BCUT2D eigenvalue weighted by Gasteiger charge is -2.11. The largest absolute Gasteiger partial charge is 0.435 e. The van der Waals surface area contributed by atoms with Crippen LogP contribution in [0.4, 0.5) is 5.69 Å². The summed E-state index contributed by atoms with van der Waals surface area (Å²) in [7, 11) is 3.36. The quantitative estimate of drug-likeness (QED) is 0.883. The molecule has 0 atom stereocenters. The van der Waals surface area contributed by atoms with Gasteiger partial charge in [-0.2, -0.15) is 0 Å². The van der Waals surface area contributed by atoms with Gasteiger partial charge in [-0.3, -0.25) is 4.79 Å². The summed E-state index contributed by atoms with van der Waals surface area (Å²) in [6, 6.07) is 8.33. The first kappa shape index (κ1) is 14.1. The van der Waals surface area contributed by atoms with Crippen molar-refractivity contribution in [3.8, 4) is 11.6 Å². The Kier molecular flexibility index (Phi) is 4.10. The van der Waals surface area contributed by atoms with E-state index in [1.54, 1.807) is 44.4 Å². The molecule has 0 saturated carbocycles. The van der Waals surface area contributed by atoms with Gasteiger partial charge in [0, 0.05) is 26.4 Å². The van der Waals surface area contributed by atoms with Crippen molar-refractivity contribution in [1.29, 1.82) is 0 Å². The zero-order valence-electron chi connectivity index (χ0n) is 11.1. The van der Waals surface area contributed by atoms with Gasteiger partial charge in [0.1, 0.15) is 0 Å². The van der Waals surface area contributed by atoms with Gasteiger partial charge in [-0.15, -0.1) is 0 Å². The number of nitrogen functional groups attached to an aromatic ring is 1. The zero-order chi connectivity index (χ0) is 14.7. The number of para-hydroxylation sites is 1. The van der Waals surface area contributed by atoms with Gasteiger partial charge in [0.25, 0.3) is 5.91 Å². The van der Waals surface area contributed by atoms with Crippen molar-refractivity contribution in [3.05, 3.63) is 47.1 Å². The summed E-state index contributed by atoms with van der Waals surface area (Å²) >= 11 is 6.01. The predicted octanol–water partition coefficient (Wildman–Crippen LogP) is 2.81. The Bertz CT molecular complexity index is 607. The van der Waals surface area contributed by atoms with E-state index in [4.69, 9.17) is 22.1 Å². The summed E-state index contributed by atoms with van der Waals surface area (Å²) in [5.74, 6) is 0.551. The first-order valence-corrected chi connectivity index (χ1v) is 6.26. The number of carbonyl (C=O) groups is 1. The fraction of sp³-hybridized carbons (Fsp3) is 0.143. The fourth-order valence-electron chi connectivity index (χ4n) is 1.56. The second-order valence-electron chi connectivity index (χ2n) is 4.34. The van der Waals surface area contributed by atoms with Crippen LogP contribution in [0.25, 0.3) is 0 Å². The summed E-state index contributed by atoms with van der Waals surface area (Å²) in [6.45, 7) is 0. The van der Waals surface area contributed by atoms with Crippen LogP contribution >= 0.6 is 11.6 Å². The molecule has 1 aromatic carbocycles. The molecule has 6 heteroatoms. The molecule has 2 aromatic rings. The Morgan fingerprint density at radius 2 is 2.05 bits per heavy atom. The molecule has 2 N–H and O–H groups in total. The molecule has 104 valence electrons. The van der Waals surface area contributed by atoms with Crippen molar-refractivity contribution >= 4 is 23.2 Å². The first-order chi connectivity index (χ1) is 9.49. The van der Waals surface area contributed by atoms with Gasteiger partial charge in [0.2, 0.25) is 5.88 Å². The lowest BCUT2D eigenvalue weighted by Crippen LogP contribution is -2.21. The Hall–Kier alpha value is -2.27. The molecule has 0 aliphatic rings. The van der Waals surface area contributed by atoms with Crippen LogP contribution in [0.2, 0.25) is 5.02 Å². The number of aromatic nitrogens is 1. The van der Waals surface area contributed by atoms with Crippen LogP contribution < -0.4 is 10.5 Å². The van der Waals surface area contributed by atoms with Gasteiger partial charge in [0.05, 0.1) is 16.3 Å². The monoisotopic (exact) mass is 291 g/mol. The highest BCUT2D eigenvalue weighted by Gasteiger charge is 2.11. The average molecular weight is 292 g/mol. The number of nitrogens with two attached hydrogens (primary N) is 1. The van der Waals surface area contributed by atoms with Crippen LogP contribution in [0.3, 0.4) is 0 Å². The van der Waals surface area contributed by atoms with E-state index < -0.39 is 0 Å². The molecular formula is C14H14ClN3O2. The van der Waals surface area contributed by atoms with Crippen LogP contribution in [0.15, 0.2) is 36.5 Å². The van der Waals surface area contributed by atoms with Crippen molar-refractivity contribution < 1.29 is 9.53 Å². The van der Waals surface area contributed by atoms with E-state index in [0.717, 1.165) is 0 Å². The lowest BCUT2D eigenvalue weighted by molar-refractivity contribution is 0.0827. The minimum absolute atomic E-state index is 0.124. The summed E-state index contributed by atoms with van der Waals surface area (Å²) in [4.78, 5) is 17.3. The normalized spacial score (nSPS) is 10.2. The number of rotatable bonds is 3. The molecule has 0 saturated heterocycles. The molecule has 1 heterocycles. The summed E-state index contributed by atoms with van der Waals surface area (Å²) < 4.78 is 5.54. The molecule has 1 amide bonds. The number of pyridine rings is 1. The van der Waals surface area contributed by atoms with E-state index in [1.165, 1.54) is 11.1 Å². The Morgan fingerprint density at radius 1 is 1.30 bits per heavy atom. The second kappa shape index (κ2) is 5.79. The van der Waals surface area contributed by atoms with Crippen LogP contribution in [0.1, 0.15) is 10.4 Å². The van der Waals surface area contributed by atoms with Gasteiger partial charge in [-0.05, 0) is 18.2 Å². The van der Waals surface area contributed by atoms with Gasteiger partial charge in [0.15, 0.2) is 5.75 Å². The lowest BCUT2D eigenvalue weighted by atomic mass is 10.2. The van der Waals surface area contributed by atoms with E-state index in [9.17, 15) is 4.79 Å². The highest BCUT2D eigenvalue weighted by atomic mass is 35.5. The molecule has 0 radical (unpaired) electrons. The highest BCUT2D eigenvalue weighted by Crippen LogP contribution is 2.33. The molecule has 1 aromatic heterocycles. The minimum Gasteiger partial charge on any atom is -0.435 e. The molecule has 0 aliphatic carbocycles. The average Bonchev–Trinajstić information content (AvgIpc) is 2.43. The number of hydrogen-bond donors (Lipinski definition) is 1. The SMILES string of the molecule is CN(C)C(=O)c1ccc(Oc2c(N)cccc2Cl)nc1. The van der Waals surface area contributed by atoms with Gasteiger partial charge in [-0.25, -0.2) is 4.98 Å². The Labute approximate surface area is 121 Å². The maximum atomic E-state index is 11.7. The standard InChI is InChI=1S/C14H14ClN3O2/c1-18(2)14(19)9-6-7-12(17-8-9)20-13-10(15)4-3-5-11(13)16/h3-8H,16H2,1-2H3. The minimum atomic E-state index is -0.124. The molecule has 2 rings (SSSR count). The number of carbonyl (C=O) groups excluding carboxylic acids is 1. The van der Waals surface area contributed by atoms with E-state index in [0.29, 0.717) is 27.9 Å². The molecular weight excluding hydrogens is 278 g/mol. The number of amides is 1. The predicted molar refractivity (Wildman–Crippen MR) is 78.2 cm³/mol. The molecule has 0 fully saturated rings. The van der Waals surface area contributed by atoms with E-state index in [2.05, 4.69) is 4.98 Å². The number of hydrogen-bond acceptors (Lipinski definition) is 4. The Balaban J connectivity index is 2.21. The van der Waals surface area contributed by atoms with Gasteiger partial charge >= 0.3 is 0 Å². The van der Waals surface area contributed by atoms with E-state index in [1.807, 2.05) is 0 Å². The topological polar surface area (TPSA) is 68.5 Å². The Morgan fingerprint density at radius 3 is 2.60 bits per heavy atom. The van der Waals surface area contributed by atoms with Crippen molar-refractivity contribution in [3.63, 3.8) is 0 Å². The molecule has 5 nitrogen and oxygen atoms in total. The van der Waals surface area contributed by atoms with Crippen LogP contribution in [0.5, 0.6) is 11.6 Å². The molecule has 0 unspecified atom stereocenters. The van der Waals surface area contributed by atoms with Crippen LogP contribution in [-0.4, -0.2) is 29.9 Å². The number of benzene rings is 1. The number of halogens is 1. The van der Waals surface area contributed by atoms with Crippen molar-refractivity contribution in [2.24, 2.45) is 0 Å². The molecule has 0 spiro atoms. The van der Waals surface area contributed by atoms with Crippen molar-refractivity contribution in [2.45, 2.75) is 0 Å².